The molecule has 98 valence electrons. The first-order chi connectivity index (χ1) is 9.40. The zero-order chi connectivity index (χ0) is 13.1. The zero-order valence-electron chi connectivity index (χ0n) is 11.3. The van der Waals surface area contributed by atoms with Crippen LogP contribution in [0.15, 0.2) is 42.5 Å². The Morgan fingerprint density at radius 2 is 1.89 bits per heavy atom. The standard InChI is InChI=1S/C17H19NO/c1-2-19-17-9-4-3-7-15(17)14-8-5-6-13-10-11-18-12-16(13)14/h3-9,18H,2,10-12H2,1H3. The highest BCUT2D eigenvalue weighted by Gasteiger charge is 2.15. The summed E-state index contributed by atoms with van der Waals surface area (Å²) in [4.78, 5) is 0. The van der Waals surface area contributed by atoms with Crippen LogP contribution >= 0.6 is 0 Å². The van der Waals surface area contributed by atoms with Crippen LogP contribution < -0.4 is 10.1 Å². The quantitative estimate of drug-likeness (QED) is 0.905. The van der Waals surface area contributed by atoms with Gasteiger partial charge in [0.05, 0.1) is 6.61 Å². The second-order valence-electron chi connectivity index (χ2n) is 4.80. The number of ether oxygens (including phenoxy) is 1. The molecule has 0 bridgehead atoms. The van der Waals surface area contributed by atoms with Crippen LogP contribution in [-0.2, 0) is 13.0 Å². The van der Waals surface area contributed by atoms with Crippen molar-refractivity contribution in [2.45, 2.75) is 19.9 Å². The first-order valence-corrected chi connectivity index (χ1v) is 6.94. The average molecular weight is 253 g/mol. The predicted molar refractivity (Wildman–Crippen MR) is 78.5 cm³/mol. The number of benzene rings is 2. The second kappa shape index (κ2) is 5.45. The smallest absolute Gasteiger partial charge is 0.127 e. The van der Waals surface area contributed by atoms with Crippen molar-refractivity contribution in [3.63, 3.8) is 0 Å². The molecule has 0 saturated heterocycles. The lowest BCUT2D eigenvalue weighted by atomic mass is 9.91. The molecule has 1 aliphatic heterocycles. The van der Waals surface area contributed by atoms with Gasteiger partial charge in [0.15, 0.2) is 0 Å². The lowest BCUT2D eigenvalue weighted by Crippen LogP contribution is -2.24. The van der Waals surface area contributed by atoms with Crippen molar-refractivity contribution in [3.05, 3.63) is 53.6 Å². The Morgan fingerprint density at radius 3 is 2.79 bits per heavy atom. The van der Waals surface area contributed by atoms with Crippen LogP contribution in [0.4, 0.5) is 0 Å². The molecule has 2 aromatic carbocycles. The molecule has 1 aliphatic rings. The summed E-state index contributed by atoms with van der Waals surface area (Å²) in [6, 6.07) is 14.9. The van der Waals surface area contributed by atoms with Crippen molar-refractivity contribution in [2.75, 3.05) is 13.2 Å². The van der Waals surface area contributed by atoms with Crippen molar-refractivity contribution >= 4 is 0 Å². The monoisotopic (exact) mass is 253 g/mol. The van der Waals surface area contributed by atoms with E-state index >= 15 is 0 Å². The summed E-state index contributed by atoms with van der Waals surface area (Å²) < 4.78 is 5.76. The van der Waals surface area contributed by atoms with Crippen molar-refractivity contribution < 1.29 is 4.74 Å². The van der Waals surface area contributed by atoms with Crippen molar-refractivity contribution in [2.24, 2.45) is 0 Å². The van der Waals surface area contributed by atoms with Crippen LogP contribution in [0.5, 0.6) is 5.75 Å². The van der Waals surface area contributed by atoms with E-state index in [0.29, 0.717) is 6.61 Å². The van der Waals surface area contributed by atoms with E-state index in [2.05, 4.69) is 41.7 Å². The third-order valence-corrected chi connectivity index (χ3v) is 3.62. The number of hydrogen-bond acceptors (Lipinski definition) is 2. The maximum absolute atomic E-state index is 5.76. The van der Waals surface area contributed by atoms with Gasteiger partial charge < -0.3 is 10.1 Å². The zero-order valence-corrected chi connectivity index (χ0v) is 11.3. The summed E-state index contributed by atoms with van der Waals surface area (Å²) in [5.41, 5.74) is 5.38. The van der Waals surface area contributed by atoms with E-state index in [4.69, 9.17) is 4.74 Å². The van der Waals surface area contributed by atoms with Crippen LogP contribution in [0, 0.1) is 0 Å². The summed E-state index contributed by atoms with van der Waals surface area (Å²) in [5.74, 6) is 0.976. The van der Waals surface area contributed by atoms with Crippen molar-refractivity contribution in [1.29, 1.82) is 0 Å². The fourth-order valence-corrected chi connectivity index (χ4v) is 2.74. The van der Waals surface area contributed by atoms with Crippen LogP contribution in [-0.4, -0.2) is 13.2 Å². The average Bonchev–Trinajstić information content (AvgIpc) is 2.48. The summed E-state index contributed by atoms with van der Waals surface area (Å²) in [6.07, 6.45) is 1.11. The molecule has 0 spiro atoms. The van der Waals surface area contributed by atoms with Gasteiger partial charge in [-0.1, -0.05) is 36.4 Å². The van der Waals surface area contributed by atoms with Gasteiger partial charge >= 0.3 is 0 Å². The number of nitrogens with one attached hydrogen (secondary N) is 1. The van der Waals surface area contributed by atoms with Gasteiger partial charge in [0, 0.05) is 12.1 Å². The molecule has 19 heavy (non-hydrogen) atoms. The molecule has 3 rings (SSSR count). The maximum atomic E-state index is 5.76. The van der Waals surface area contributed by atoms with E-state index in [1.807, 2.05) is 13.0 Å². The van der Waals surface area contributed by atoms with Crippen molar-refractivity contribution in [1.82, 2.24) is 5.32 Å². The molecular weight excluding hydrogens is 234 g/mol. The third kappa shape index (κ3) is 2.36. The molecule has 0 radical (unpaired) electrons. The summed E-state index contributed by atoms with van der Waals surface area (Å²) in [5, 5.41) is 3.46. The Bertz CT molecular complexity index is 577. The highest BCUT2D eigenvalue weighted by Crippen LogP contribution is 2.34. The molecule has 0 amide bonds. The minimum absolute atomic E-state index is 0.699. The first kappa shape index (κ1) is 12.2. The Labute approximate surface area is 114 Å². The van der Waals surface area contributed by atoms with Gasteiger partial charge in [0.1, 0.15) is 5.75 Å². The topological polar surface area (TPSA) is 21.3 Å². The van der Waals surface area contributed by atoms with Gasteiger partial charge in [-0.25, -0.2) is 0 Å². The number of para-hydroxylation sites is 1. The Kier molecular flexibility index (Phi) is 3.51. The molecule has 1 N–H and O–H groups in total. The van der Waals surface area contributed by atoms with E-state index in [1.165, 1.54) is 22.3 Å². The number of fused-ring (bicyclic) bond motifs is 1. The molecule has 2 heteroatoms. The van der Waals surface area contributed by atoms with Crippen LogP contribution in [0.25, 0.3) is 11.1 Å². The molecule has 0 unspecified atom stereocenters. The van der Waals surface area contributed by atoms with Crippen LogP contribution in [0.3, 0.4) is 0 Å². The minimum atomic E-state index is 0.699. The van der Waals surface area contributed by atoms with E-state index < -0.39 is 0 Å². The Morgan fingerprint density at radius 1 is 1.05 bits per heavy atom. The van der Waals surface area contributed by atoms with E-state index in [1.54, 1.807) is 0 Å². The molecule has 1 heterocycles. The molecule has 0 atom stereocenters. The van der Waals surface area contributed by atoms with Gasteiger partial charge in [0.25, 0.3) is 0 Å². The fraction of sp³-hybridized carbons (Fsp3) is 0.294. The first-order valence-electron chi connectivity index (χ1n) is 6.94. The molecule has 0 fully saturated rings. The lowest BCUT2D eigenvalue weighted by Gasteiger charge is -2.21. The van der Waals surface area contributed by atoms with Gasteiger partial charge in [0.2, 0.25) is 0 Å². The van der Waals surface area contributed by atoms with Crippen molar-refractivity contribution in [3.8, 4) is 16.9 Å². The molecule has 2 aromatic rings. The molecule has 0 aromatic heterocycles. The fourth-order valence-electron chi connectivity index (χ4n) is 2.74. The van der Waals surface area contributed by atoms with E-state index in [9.17, 15) is 0 Å². The predicted octanol–water partition coefficient (Wildman–Crippen LogP) is 3.40. The largest absolute Gasteiger partial charge is 0.493 e. The number of hydrogen-bond donors (Lipinski definition) is 1. The van der Waals surface area contributed by atoms with Gasteiger partial charge in [-0.15, -0.1) is 0 Å². The summed E-state index contributed by atoms with van der Waals surface area (Å²) >= 11 is 0. The summed E-state index contributed by atoms with van der Waals surface area (Å²) in [6.45, 7) is 4.75. The Balaban J connectivity index is 2.12. The maximum Gasteiger partial charge on any atom is 0.127 e. The normalized spacial score (nSPS) is 13.9. The summed E-state index contributed by atoms with van der Waals surface area (Å²) in [7, 11) is 0. The van der Waals surface area contributed by atoms with Crippen LogP contribution in [0.1, 0.15) is 18.1 Å². The highest BCUT2D eigenvalue weighted by atomic mass is 16.5. The van der Waals surface area contributed by atoms with Gasteiger partial charge in [-0.3, -0.25) is 0 Å². The number of rotatable bonds is 3. The van der Waals surface area contributed by atoms with E-state index in [0.717, 1.165) is 25.3 Å². The second-order valence-corrected chi connectivity index (χ2v) is 4.80. The molecule has 0 aliphatic carbocycles. The van der Waals surface area contributed by atoms with Gasteiger partial charge in [-0.2, -0.15) is 0 Å². The molecule has 2 nitrogen and oxygen atoms in total. The lowest BCUT2D eigenvalue weighted by molar-refractivity contribution is 0.341. The minimum Gasteiger partial charge on any atom is -0.493 e. The Hall–Kier alpha value is -1.80. The van der Waals surface area contributed by atoms with Crippen LogP contribution in [0.2, 0.25) is 0 Å². The molecular formula is C17H19NO. The third-order valence-electron chi connectivity index (χ3n) is 3.62. The molecule has 0 saturated carbocycles. The van der Waals surface area contributed by atoms with E-state index in [-0.39, 0.29) is 0 Å². The van der Waals surface area contributed by atoms with Gasteiger partial charge in [-0.05, 0) is 42.6 Å². The SMILES string of the molecule is CCOc1ccccc1-c1cccc2c1CNCC2. The highest BCUT2D eigenvalue weighted by molar-refractivity contribution is 5.74.